The van der Waals surface area contributed by atoms with Gasteiger partial charge in [0.15, 0.2) is 0 Å². The third-order valence-corrected chi connectivity index (χ3v) is 4.22. The Balaban J connectivity index is 2.22. The smallest absolute Gasteiger partial charge is 0.339 e. The molecular formula is C18H16BrN3O4. The summed E-state index contributed by atoms with van der Waals surface area (Å²) in [6, 6.07) is 10.4. The molecule has 0 aliphatic heterocycles. The second kappa shape index (κ2) is 8.45. The lowest BCUT2D eigenvalue weighted by atomic mass is 10.2. The number of hydrogen-bond donors (Lipinski definition) is 0. The zero-order valence-corrected chi connectivity index (χ0v) is 15.8. The molecule has 26 heavy (non-hydrogen) atoms. The van der Waals surface area contributed by atoms with E-state index in [1.165, 1.54) is 18.2 Å². The lowest BCUT2D eigenvalue weighted by Crippen LogP contribution is -2.34. The van der Waals surface area contributed by atoms with E-state index in [1.807, 2.05) is 24.3 Å². The van der Waals surface area contributed by atoms with Crippen LogP contribution in [0.5, 0.6) is 0 Å². The number of halogens is 1. The van der Waals surface area contributed by atoms with Crippen LogP contribution in [-0.2, 0) is 22.6 Å². The minimum absolute atomic E-state index is 0.0343. The highest BCUT2D eigenvalue weighted by atomic mass is 79.9. The van der Waals surface area contributed by atoms with Crippen molar-refractivity contribution >= 4 is 27.8 Å². The number of nitrogens with zero attached hydrogens (tertiary/aromatic N) is 3. The first-order chi connectivity index (χ1) is 12.3. The Morgan fingerprint density at radius 2 is 1.96 bits per heavy atom. The predicted octanol–water partition coefficient (Wildman–Crippen LogP) is 1.93. The Hall–Kier alpha value is -2.92. The first-order valence-corrected chi connectivity index (χ1v) is 8.36. The molecule has 0 saturated heterocycles. The van der Waals surface area contributed by atoms with E-state index < -0.39 is 11.5 Å². The van der Waals surface area contributed by atoms with E-state index in [9.17, 15) is 14.4 Å². The maximum absolute atomic E-state index is 12.4. The van der Waals surface area contributed by atoms with Crippen LogP contribution in [0.2, 0.25) is 0 Å². The van der Waals surface area contributed by atoms with Crippen LogP contribution in [0.25, 0.3) is 0 Å². The lowest BCUT2D eigenvalue weighted by Gasteiger charge is -2.18. The summed E-state index contributed by atoms with van der Waals surface area (Å²) in [4.78, 5) is 37.8. The number of esters is 1. The Kier molecular flexibility index (Phi) is 6.31. The number of rotatable bonds is 5. The molecule has 0 atom stereocenters. The lowest BCUT2D eigenvalue weighted by molar-refractivity contribution is -0.131. The van der Waals surface area contributed by atoms with E-state index >= 15 is 0 Å². The largest absolute Gasteiger partial charge is 0.465 e. The van der Waals surface area contributed by atoms with E-state index in [-0.39, 0.29) is 23.6 Å². The van der Waals surface area contributed by atoms with E-state index in [2.05, 4.69) is 20.7 Å². The fourth-order valence-corrected chi connectivity index (χ4v) is 2.55. The van der Waals surface area contributed by atoms with Crippen LogP contribution >= 0.6 is 15.9 Å². The van der Waals surface area contributed by atoms with Gasteiger partial charge in [-0.05, 0) is 23.8 Å². The van der Waals surface area contributed by atoms with Gasteiger partial charge in [-0.2, -0.15) is 5.26 Å². The molecule has 134 valence electrons. The number of ether oxygens (including phenoxy) is 1. The molecule has 0 aliphatic carbocycles. The fourth-order valence-electron chi connectivity index (χ4n) is 2.28. The zero-order chi connectivity index (χ0) is 19.3. The second-order valence-corrected chi connectivity index (χ2v) is 6.47. The van der Waals surface area contributed by atoms with Gasteiger partial charge in [0.25, 0.3) is 5.56 Å². The van der Waals surface area contributed by atoms with Crippen molar-refractivity contribution in [3.05, 3.63) is 68.0 Å². The minimum atomic E-state index is -0.689. The van der Waals surface area contributed by atoms with E-state index in [1.54, 1.807) is 13.1 Å². The van der Waals surface area contributed by atoms with Gasteiger partial charge in [0.1, 0.15) is 18.2 Å². The Morgan fingerprint density at radius 1 is 1.31 bits per heavy atom. The highest BCUT2D eigenvalue weighted by Crippen LogP contribution is 2.12. The molecule has 0 bridgehead atoms. The molecule has 0 spiro atoms. The molecule has 0 radical (unpaired) electrons. The molecular weight excluding hydrogens is 402 g/mol. The number of pyridine rings is 1. The van der Waals surface area contributed by atoms with Gasteiger partial charge < -0.3 is 14.2 Å². The van der Waals surface area contributed by atoms with Crippen LogP contribution in [0.4, 0.5) is 0 Å². The summed E-state index contributed by atoms with van der Waals surface area (Å²) in [5.74, 6) is -1.02. The SMILES string of the molecule is COC(=O)c1cc(C#N)c(=O)n(CC(=O)N(C)Cc2ccc(Br)cc2)c1. The van der Waals surface area contributed by atoms with Gasteiger partial charge in [0.2, 0.25) is 5.91 Å². The van der Waals surface area contributed by atoms with Gasteiger partial charge in [-0.1, -0.05) is 28.1 Å². The van der Waals surface area contributed by atoms with Gasteiger partial charge in [-0.3, -0.25) is 9.59 Å². The van der Waals surface area contributed by atoms with E-state index in [0.29, 0.717) is 6.54 Å². The number of carbonyl (C=O) groups excluding carboxylic acids is 2. The highest BCUT2D eigenvalue weighted by Gasteiger charge is 2.16. The Bertz CT molecular complexity index is 929. The van der Waals surface area contributed by atoms with Gasteiger partial charge in [0, 0.05) is 24.3 Å². The average Bonchev–Trinajstić information content (AvgIpc) is 2.64. The summed E-state index contributed by atoms with van der Waals surface area (Å²) in [7, 11) is 2.81. The quantitative estimate of drug-likeness (QED) is 0.692. The molecule has 1 aromatic carbocycles. The van der Waals surface area contributed by atoms with Crippen molar-refractivity contribution in [2.24, 2.45) is 0 Å². The van der Waals surface area contributed by atoms with Crippen LogP contribution in [0.1, 0.15) is 21.5 Å². The normalized spacial score (nSPS) is 10.1. The number of nitriles is 1. The van der Waals surface area contributed by atoms with E-state index in [0.717, 1.165) is 20.7 Å². The fraction of sp³-hybridized carbons (Fsp3) is 0.222. The maximum atomic E-state index is 12.4. The van der Waals surface area contributed by atoms with Crippen LogP contribution in [0, 0.1) is 11.3 Å². The molecule has 2 rings (SSSR count). The van der Waals surface area contributed by atoms with E-state index in [4.69, 9.17) is 5.26 Å². The zero-order valence-electron chi connectivity index (χ0n) is 14.2. The number of methoxy groups -OCH3 is 1. The molecule has 0 unspecified atom stereocenters. The van der Waals surface area contributed by atoms with Gasteiger partial charge >= 0.3 is 5.97 Å². The van der Waals surface area contributed by atoms with Crippen LogP contribution in [0.3, 0.4) is 0 Å². The second-order valence-electron chi connectivity index (χ2n) is 5.56. The molecule has 0 saturated carbocycles. The van der Waals surface area contributed by atoms with Crippen molar-refractivity contribution in [1.82, 2.24) is 9.47 Å². The first-order valence-electron chi connectivity index (χ1n) is 7.57. The van der Waals surface area contributed by atoms with Crippen molar-refractivity contribution in [1.29, 1.82) is 5.26 Å². The highest BCUT2D eigenvalue weighted by molar-refractivity contribution is 9.10. The summed E-state index contributed by atoms with van der Waals surface area (Å²) in [5, 5.41) is 9.07. The predicted molar refractivity (Wildman–Crippen MR) is 97.4 cm³/mol. The molecule has 8 heteroatoms. The van der Waals surface area contributed by atoms with Crippen molar-refractivity contribution in [3.63, 3.8) is 0 Å². The van der Waals surface area contributed by atoms with Crippen molar-refractivity contribution in [2.75, 3.05) is 14.2 Å². The minimum Gasteiger partial charge on any atom is -0.465 e. The molecule has 0 fully saturated rings. The van der Waals surface area contributed by atoms with Gasteiger partial charge in [-0.25, -0.2) is 4.79 Å². The summed E-state index contributed by atoms with van der Waals surface area (Å²) >= 11 is 3.35. The average molecular weight is 418 g/mol. The van der Waals surface area contributed by atoms with Crippen LogP contribution in [-0.4, -0.2) is 35.5 Å². The number of amides is 1. The summed E-state index contributed by atoms with van der Waals surface area (Å²) < 4.78 is 6.59. The topological polar surface area (TPSA) is 92.4 Å². The third-order valence-electron chi connectivity index (χ3n) is 3.69. The molecule has 1 amide bonds. The van der Waals surface area contributed by atoms with Crippen molar-refractivity contribution in [2.45, 2.75) is 13.1 Å². The van der Waals surface area contributed by atoms with Crippen molar-refractivity contribution in [3.8, 4) is 6.07 Å². The van der Waals surface area contributed by atoms with Gasteiger partial charge in [-0.15, -0.1) is 0 Å². The molecule has 7 nitrogen and oxygen atoms in total. The third kappa shape index (κ3) is 4.58. The molecule has 0 N–H and O–H groups in total. The summed E-state index contributed by atoms with van der Waals surface area (Å²) in [5.41, 5.74) is 0.103. The molecule has 2 aromatic rings. The van der Waals surface area contributed by atoms with Crippen molar-refractivity contribution < 1.29 is 14.3 Å². The number of benzene rings is 1. The van der Waals surface area contributed by atoms with Crippen LogP contribution < -0.4 is 5.56 Å². The van der Waals surface area contributed by atoms with Gasteiger partial charge in [0.05, 0.1) is 12.7 Å². The number of aromatic nitrogens is 1. The first kappa shape index (κ1) is 19.4. The Labute approximate surface area is 158 Å². The number of carbonyl (C=O) groups is 2. The standard InChI is InChI=1S/C18H16BrN3O4/c1-21(9-12-3-5-15(19)6-4-12)16(23)11-22-10-14(18(25)26-2)7-13(8-20)17(22)24/h3-7,10H,9,11H2,1-2H3. The molecule has 1 heterocycles. The molecule has 1 aromatic heterocycles. The summed E-state index contributed by atoms with van der Waals surface area (Å²) in [6.45, 7) is 0.0774. The number of likely N-dealkylation sites (N-methyl/N-ethyl adjacent to an activating group) is 1. The Morgan fingerprint density at radius 3 is 2.54 bits per heavy atom. The van der Waals surface area contributed by atoms with Crippen LogP contribution in [0.15, 0.2) is 45.8 Å². The molecule has 0 aliphatic rings. The maximum Gasteiger partial charge on any atom is 0.339 e. The number of hydrogen-bond acceptors (Lipinski definition) is 5. The monoisotopic (exact) mass is 417 g/mol. The summed E-state index contributed by atoms with van der Waals surface area (Å²) in [6.07, 6.45) is 1.22.